The summed E-state index contributed by atoms with van der Waals surface area (Å²) in [4.78, 5) is 35.0. The summed E-state index contributed by atoms with van der Waals surface area (Å²) in [5.74, 6) is 1.56. The first kappa shape index (κ1) is 37.6. The molecule has 0 spiro atoms. The number of halogens is 1. The van der Waals surface area contributed by atoms with Crippen molar-refractivity contribution >= 4 is 41.4 Å². The van der Waals surface area contributed by atoms with Crippen LogP contribution >= 0.6 is 12.4 Å². The van der Waals surface area contributed by atoms with Gasteiger partial charge in [0.2, 0.25) is 5.95 Å². The summed E-state index contributed by atoms with van der Waals surface area (Å²) < 4.78 is 1.82. The third-order valence-electron chi connectivity index (χ3n) is 10.6. The van der Waals surface area contributed by atoms with Crippen molar-refractivity contribution in [1.82, 2.24) is 50.0 Å². The molecule has 286 valence electrons. The van der Waals surface area contributed by atoms with Crippen molar-refractivity contribution in [3.63, 3.8) is 0 Å². The summed E-state index contributed by atoms with van der Waals surface area (Å²) in [5.41, 5.74) is 9.70. The van der Waals surface area contributed by atoms with Gasteiger partial charge in [-0.1, -0.05) is 73.7 Å². The van der Waals surface area contributed by atoms with Crippen LogP contribution in [0.25, 0.3) is 11.2 Å². The summed E-state index contributed by atoms with van der Waals surface area (Å²) in [7, 11) is 0. The third-order valence-corrected chi connectivity index (χ3v) is 10.6. The van der Waals surface area contributed by atoms with Gasteiger partial charge in [-0.2, -0.15) is 14.8 Å². The first-order valence-electron chi connectivity index (χ1n) is 18.3. The maximum absolute atomic E-state index is 12.1. The molecule has 55 heavy (non-hydrogen) atoms. The van der Waals surface area contributed by atoms with Crippen LogP contribution in [0.1, 0.15) is 66.5 Å². The lowest BCUT2D eigenvalue weighted by atomic mass is 9.91. The minimum atomic E-state index is -1.14. The molecule has 6 atom stereocenters. The number of carbonyl (C=O) groups excluding carboxylic acids is 1. The number of fused-ring (bicyclic) bond motifs is 1. The molecule has 2 fully saturated rings. The van der Waals surface area contributed by atoms with Crippen LogP contribution in [0.2, 0.25) is 0 Å². The van der Waals surface area contributed by atoms with E-state index in [1.165, 1.54) is 4.80 Å². The number of aliphatic hydroxyl groups is 2. The van der Waals surface area contributed by atoms with Crippen molar-refractivity contribution in [3.05, 3.63) is 114 Å². The Morgan fingerprint density at radius 2 is 1.65 bits per heavy atom. The first-order chi connectivity index (χ1) is 26.4. The lowest BCUT2D eigenvalue weighted by Crippen LogP contribution is -2.38. The van der Waals surface area contributed by atoms with Gasteiger partial charge in [0.1, 0.15) is 18.2 Å². The number of rotatable bonds is 12. The van der Waals surface area contributed by atoms with Crippen molar-refractivity contribution < 1.29 is 15.0 Å². The van der Waals surface area contributed by atoms with Gasteiger partial charge in [-0.15, -0.1) is 22.6 Å². The van der Waals surface area contributed by atoms with Crippen molar-refractivity contribution in [2.45, 2.75) is 62.4 Å². The number of aliphatic hydroxyl groups excluding tert-OH is 2. The maximum Gasteiger partial charge on any atom is 0.312 e. The number of hydrogen-bond acceptors (Lipinski definition) is 12. The van der Waals surface area contributed by atoms with Gasteiger partial charge in [-0.3, -0.25) is 4.98 Å². The molecule has 4 aromatic heterocycles. The van der Waals surface area contributed by atoms with Gasteiger partial charge in [0.15, 0.2) is 22.8 Å². The van der Waals surface area contributed by atoms with E-state index in [2.05, 4.69) is 60.2 Å². The molecule has 0 radical (unpaired) electrons. The molecule has 1 saturated heterocycles. The molecule has 0 bridgehead atoms. The number of urea groups is 1. The molecule has 16 nitrogen and oxygen atoms in total. The molecule has 17 heteroatoms. The zero-order chi connectivity index (χ0) is 37.2. The highest BCUT2D eigenvalue weighted by molar-refractivity contribution is 5.85. The van der Waals surface area contributed by atoms with Gasteiger partial charge < -0.3 is 36.0 Å². The second-order valence-electron chi connectivity index (χ2n) is 13.9. The molecule has 1 aliphatic carbocycles. The van der Waals surface area contributed by atoms with E-state index < -0.39 is 36.4 Å². The minimum Gasteiger partial charge on any atom is -0.388 e. The molecule has 6 aromatic rings. The average molecular weight is 766 g/mol. The molecule has 2 amide bonds. The smallest absolute Gasteiger partial charge is 0.312 e. The van der Waals surface area contributed by atoms with Crippen molar-refractivity contribution in [3.8, 4) is 0 Å². The number of nitrogens with zero attached hydrogens (tertiary/aromatic N) is 10. The van der Waals surface area contributed by atoms with Crippen LogP contribution in [-0.4, -0.2) is 92.8 Å². The van der Waals surface area contributed by atoms with E-state index in [0.717, 1.165) is 23.2 Å². The molecular formula is C38H44ClN13O3. The number of pyridine rings is 1. The second-order valence-corrected chi connectivity index (χ2v) is 13.9. The van der Waals surface area contributed by atoms with Gasteiger partial charge in [-0.25, -0.2) is 9.78 Å². The number of nitrogens with two attached hydrogens (primary N) is 1. The number of hydrogen-bond donors (Lipinski definition) is 5. The summed E-state index contributed by atoms with van der Waals surface area (Å²) >= 11 is 0. The van der Waals surface area contributed by atoms with Gasteiger partial charge in [0, 0.05) is 44.1 Å². The van der Waals surface area contributed by atoms with E-state index in [1.54, 1.807) is 12.5 Å². The van der Waals surface area contributed by atoms with Crippen molar-refractivity contribution in [1.29, 1.82) is 0 Å². The Balaban J connectivity index is 0.00000465. The van der Waals surface area contributed by atoms with Crippen molar-refractivity contribution in [2.24, 2.45) is 11.7 Å². The number of aromatic nitrogens is 9. The molecule has 1 aliphatic heterocycles. The normalized spacial score (nSPS) is 21.5. The largest absolute Gasteiger partial charge is 0.388 e. The van der Waals surface area contributed by atoms with E-state index in [1.807, 2.05) is 66.1 Å². The maximum atomic E-state index is 12.1. The number of nitrogens with one attached hydrogen (secondary N) is 2. The van der Waals surface area contributed by atoms with Gasteiger partial charge in [-0.05, 0) is 41.3 Å². The lowest BCUT2D eigenvalue weighted by Gasteiger charge is -2.24. The number of anilines is 2. The predicted molar refractivity (Wildman–Crippen MR) is 208 cm³/mol. The second kappa shape index (κ2) is 16.3. The predicted octanol–water partition coefficient (Wildman–Crippen LogP) is 3.58. The number of imidazole rings is 1. The zero-order valence-corrected chi connectivity index (χ0v) is 31.0. The van der Waals surface area contributed by atoms with Crippen LogP contribution in [0.5, 0.6) is 0 Å². The summed E-state index contributed by atoms with van der Waals surface area (Å²) in [6.07, 6.45) is 2.73. The lowest BCUT2D eigenvalue weighted by molar-refractivity contribution is 0.00473. The van der Waals surface area contributed by atoms with E-state index in [4.69, 9.17) is 20.7 Å². The highest BCUT2D eigenvalue weighted by Gasteiger charge is 2.45. The Bertz CT molecular complexity index is 2150. The molecule has 2 aromatic carbocycles. The molecular weight excluding hydrogens is 722 g/mol. The summed E-state index contributed by atoms with van der Waals surface area (Å²) in [5, 5.41) is 41.8. The Kier molecular flexibility index (Phi) is 11.2. The Morgan fingerprint density at radius 3 is 2.31 bits per heavy atom. The van der Waals surface area contributed by atoms with Crippen LogP contribution in [-0.2, 0) is 6.42 Å². The molecule has 6 N–H and O–H groups in total. The van der Waals surface area contributed by atoms with E-state index in [9.17, 15) is 15.0 Å². The zero-order valence-electron chi connectivity index (χ0n) is 30.2. The fourth-order valence-corrected chi connectivity index (χ4v) is 7.83. The highest BCUT2D eigenvalue weighted by Crippen LogP contribution is 2.40. The molecule has 1 saturated carbocycles. The summed E-state index contributed by atoms with van der Waals surface area (Å²) in [6, 6.07) is 24.1. The van der Waals surface area contributed by atoms with Crippen molar-refractivity contribution in [2.75, 3.05) is 29.9 Å². The van der Waals surface area contributed by atoms with Gasteiger partial charge >= 0.3 is 6.03 Å². The van der Waals surface area contributed by atoms with Crippen LogP contribution in [0, 0.1) is 5.92 Å². The summed E-state index contributed by atoms with van der Waals surface area (Å²) in [6.45, 7) is 3.60. The monoisotopic (exact) mass is 765 g/mol. The fraction of sp³-hybridized carbons (Fsp3) is 0.368. The van der Waals surface area contributed by atoms with Crippen LogP contribution in [0.3, 0.4) is 0 Å². The number of amides is 2. The first-order valence-corrected chi connectivity index (χ1v) is 18.3. The van der Waals surface area contributed by atoms with E-state index >= 15 is 0 Å². The van der Waals surface area contributed by atoms with Crippen LogP contribution < -0.4 is 21.3 Å². The number of primary amides is 1. The quantitative estimate of drug-likeness (QED) is 0.121. The number of benzene rings is 2. The standard InChI is InChI=1S/C38H43N13O3.ClH/c1-2-30-46-48-51(47-30)29-19-28(33(52)34(29)53)50-22-42-32-35(41-20-26(23-11-5-3-6-12-23)24-13-7-4-8-14-24)44-38(45-36(32)50)49-18-16-25(21-49)31(43-37(39)54)27-15-9-10-17-40-27;/h3-15,17,22,25-26,28-29,31,33-34,52-53H,2,16,18-21H2,1H3,(H3,39,43,54)(H,41,44,45);1H/t25-,28-,29+,31?,33+,34-;/m1./s1. The number of aryl methyl sites for hydroxylation is 1. The Hall–Kier alpha value is -5.71. The fourth-order valence-electron chi connectivity index (χ4n) is 7.83. The number of carbonyl (C=O) groups is 1. The third kappa shape index (κ3) is 7.65. The average Bonchev–Trinajstić information content (AvgIpc) is 4.02. The highest BCUT2D eigenvalue weighted by atomic mass is 35.5. The minimum absolute atomic E-state index is 0. The van der Waals surface area contributed by atoms with Crippen LogP contribution in [0.15, 0.2) is 91.4 Å². The number of tetrazole rings is 1. The molecule has 2 aliphatic rings. The van der Waals surface area contributed by atoms with E-state index in [-0.39, 0.29) is 24.2 Å². The Morgan fingerprint density at radius 1 is 0.945 bits per heavy atom. The van der Waals surface area contributed by atoms with Gasteiger partial charge in [0.05, 0.1) is 24.1 Å². The SMILES string of the molecule is CCc1nnn([C@H]2C[C@@H](n3cnc4c(NCC(c5ccccc5)c5ccccc5)nc(N5CC[C@@H](C(NC(N)=O)c6ccccn6)C5)nc43)[C@H](O)[C@@H]2O)n1.Cl. The van der Waals surface area contributed by atoms with Gasteiger partial charge in [0.25, 0.3) is 0 Å². The molecule has 5 heterocycles. The Labute approximate surface area is 323 Å². The van der Waals surface area contributed by atoms with E-state index in [0.29, 0.717) is 61.2 Å². The molecule has 8 rings (SSSR count). The molecule has 1 unspecified atom stereocenters. The van der Waals surface area contributed by atoms with Crippen LogP contribution in [0.4, 0.5) is 16.6 Å². The topological polar surface area (TPSA) is 211 Å².